The Morgan fingerprint density at radius 3 is 2.03 bits per heavy atom. The molecule has 0 N–H and O–H groups in total. The number of halogens is 1. The van der Waals surface area contributed by atoms with Crippen molar-refractivity contribution >= 4 is 6.08 Å². The number of hydrogen-bond donors (Lipinski definition) is 0. The maximum absolute atomic E-state index is 14.4. The van der Waals surface area contributed by atoms with Gasteiger partial charge in [0, 0.05) is 16.7 Å². The Labute approximate surface area is 201 Å². The summed E-state index contributed by atoms with van der Waals surface area (Å²) in [5.74, 6) is 6.84. The van der Waals surface area contributed by atoms with E-state index < -0.39 is 0 Å². The molecule has 0 aromatic heterocycles. The van der Waals surface area contributed by atoms with Gasteiger partial charge in [0.2, 0.25) is 0 Å². The van der Waals surface area contributed by atoms with Gasteiger partial charge < -0.3 is 4.74 Å². The minimum absolute atomic E-state index is 0.220. The Balaban J connectivity index is 1.76. The highest BCUT2D eigenvalue weighted by molar-refractivity contribution is 5.53. The van der Waals surface area contributed by atoms with Crippen LogP contribution in [-0.4, -0.2) is 6.61 Å². The summed E-state index contributed by atoms with van der Waals surface area (Å²) in [6.07, 6.45) is 18.8. The van der Waals surface area contributed by atoms with Crippen molar-refractivity contribution in [2.75, 3.05) is 6.61 Å². The number of rotatable bonds is 15. The van der Waals surface area contributed by atoms with Crippen LogP contribution in [0.3, 0.4) is 0 Å². The lowest BCUT2D eigenvalue weighted by atomic mass is 10.1. The molecule has 33 heavy (non-hydrogen) atoms. The molecule has 0 aliphatic heterocycles. The topological polar surface area (TPSA) is 9.23 Å². The molecule has 0 radical (unpaired) electrons. The molecular formula is C31H41FO. The SMILES string of the molecule is CCCCCCC/C=C/c1ccc(C#Cc2ccc(OCCCCCCCC)cc2)cc1F. The molecule has 0 unspecified atom stereocenters. The van der Waals surface area contributed by atoms with E-state index in [1.165, 1.54) is 70.3 Å². The second kappa shape index (κ2) is 17.0. The fraction of sp³-hybridized carbons (Fsp3) is 0.484. The highest BCUT2D eigenvalue weighted by Crippen LogP contribution is 2.15. The first-order valence-corrected chi connectivity index (χ1v) is 12.9. The van der Waals surface area contributed by atoms with Gasteiger partial charge in [-0.3, -0.25) is 0 Å². The van der Waals surface area contributed by atoms with Crippen LogP contribution < -0.4 is 4.74 Å². The summed E-state index contributed by atoms with van der Waals surface area (Å²) < 4.78 is 20.2. The molecule has 0 saturated carbocycles. The fourth-order valence-corrected chi connectivity index (χ4v) is 3.67. The van der Waals surface area contributed by atoms with E-state index in [-0.39, 0.29) is 5.82 Å². The summed E-state index contributed by atoms with van der Waals surface area (Å²) in [6, 6.07) is 13.0. The normalized spacial score (nSPS) is 10.9. The third-order valence-electron chi connectivity index (χ3n) is 5.74. The first kappa shape index (κ1) is 26.7. The minimum Gasteiger partial charge on any atom is -0.494 e. The third-order valence-corrected chi connectivity index (χ3v) is 5.74. The zero-order chi connectivity index (χ0) is 23.6. The lowest BCUT2D eigenvalue weighted by Crippen LogP contribution is -1.97. The van der Waals surface area contributed by atoms with Crippen molar-refractivity contribution in [1.82, 2.24) is 0 Å². The Bertz CT molecular complexity index is 870. The molecule has 2 heteroatoms. The van der Waals surface area contributed by atoms with E-state index in [0.717, 1.165) is 30.8 Å². The van der Waals surface area contributed by atoms with Crippen LogP contribution in [0.2, 0.25) is 0 Å². The summed E-state index contributed by atoms with van der Waals surface area (Å²) in [4.78, 5) is 0. The largest absolute Gasteiger partial charge is 0.494 e. The van der Waals surface area contributed by atoms with Crippen LogP contribution in [0, 0.1) is 17.7 Å². The van der Waals surface area contributed by atoms with Crippen LogP contribution in [0.1, 0.15) is 108 Å². The maximum atomic E-state index is 14.4. The molecular weight excluding hydrogens is 407 g/mol. The molecule has 0 fully saturated rings. The highest BCUT2D eigenvalue weighted by Gasteiger charge is 2.00. The van der Waals surface area contributed by atoms with E-state index in [4.69, 9.17) is 4.74 Å². The van der Waals surface area contributed by atoms with Crippen LogP contribution in [0.5, 0.6) is 5.75 Å². The first-order valence-electron chi connectivity index (χ1n) is 12.9. The summed E-state index contributed by atoms with van der Waals surface area (Å²) in [5.41, 5.74) is 2.21. The van der Waals surface area contributed by atoms with E-state index in [1.807, 2.05) is 42.5 Å². The molecule has 2 rings (SSSR count). The molecule has 0 aliphatic carbocycles. The Kier molecular flexibility index (Phi) is 13.8. The van der Waals surface area contributed by atoms with Gasteiger partial charge in [-0.2, -0.15) is 0 Å². The van der Waals surface area contributed by atoms with Crippen LogP contribution in [0.15, 0.2) is 48.5 Å². The zero-order valence-corrected chi connectivity index (χ0v) is 20.7. The van der Waals surface area contributed by atoms with Crippen LogP contribution in [0.4, 0.5) is 4.39 Å². The highest BCUT2D eigenvalue weighted by atomic mass is 19.1. The van der Waals surface area contributed by atoms with E-state index in [9.17, 15) is 4.39 Å². The molecule has 2 aromatic rings. The van der Waals surface area contributed by atoms with E-state index in [1.54, 1.807) is 0 Å². The summed E-state index contributed by atoms with van der Waals surface area (Å²) in [6.45, 7) is 5.22. The van der Waals surface area contributed by atoms with Gasteiger partial charge in [-0.15, -0.1) is 0 Å². The predicted molar refractivity (Wildman–Crippen MR) is 140 cm³/mol. The minimum atomic E-state index is -0.220. The molecule has 178 valence electrons. The van der Waals surface area contributed by atoms with Gasteiger partial charge in [0.25, 0.3) is 0 Å². The number of unbranched alkanes of at least 4 members (excludes halogenated alkanes) is 10. The standard InChI is InChI=1S/C31H41FO/c1-3-5-7-9-11-12-14-16-29-22-19-28(26-31(29)32)18-17-27-20-23-30(24-21-27)33-25-15-13-10-8-6-4-2/h14,16,19-24,26H,3-13,15,25H2,1-2H3/b16-14+. The first-order chi connectivity index (χ1) is 16.2. The van der Waals surface area contributed by atoms with Crippen molar-refractivity contribution < 1.29 is 9.13 Å². The van der Waals surface area contributed by atoms with Crippen molar-refractivity contribution in [3.8, 4) is 17.6 Å². The third kappa shape index (κ3) is 11.8. The Hall–Kier alpha value is -2.53. The predicted octanol–water partition coefficient (Wildman–Crippen LogP) is 9.34. The van der Waals surface area contributed by atoms with Crippen molar-refractivity contribution in [1.29, 1.82) is 0 Å². The average molecular weight is 449 g/mol. The molecule has 1 nitrogen and oxygen atoms in total. The van der Waals surface area contributed by atoms with E-state index in [0.29, 0.717) is 11.1 Å². The maximum Gasteiger partial charge on any atom is 0.131 e. The van der Waals surface area contributed by atoms with Gasteiger partial charge >= 0.3 is 0 Å². The molecule has 2 aromatic carbocycles. The Morgan fingerprint density at radius 1 is 0.727 bits per heavy atom. The lowest BCUT2D eigenvalue weighted by Gasteiger charge is -2.06. The summed E-state index contributed by atoms with van der Waals surface area (Å²) in [7, 11) is 0. The molecule has 0 atom stereocenters. The number of benzene rings is 2. The van der Waals surface area contributed by atoms with Gasteiger partial charge in [-0.1, -0.05) is 102 Å². The van der Waals surface area contributed by atoms with Crippen molar-refractivity contribution in [3.05, 3.63) is 71.0 Å². The Morgan fingerprint density at radius 2 is 1.33 bits per heavy atom. The van der Waals surface area contributed by atoms with E-state index >= 15 is 0 Å². The van der Waals surface area contributed by atoms with Crippen molar-refractivity contribution in [3.63, 3.8) is 0 Å². The summed E-state index contributed by atoms with van der Waals surface area (Å²) in [5, 5.41) is 0. The number of ether oxygens (including phenoxy) is 1. The van der Waals surface area contributed by atoms with Gasteiger partial charge in [0.1, 0.15) is 11.6 Å². The molecule has 0 amide bonds. The monoisotopic (exact) mass is 448 g/mol. The van der Waals surface area contributed by atoms with Crippen LogP contribution >= 0.6 is 0 Å². The second-order valence-corrected chi connectivity index (χ2v) is 8.73. The quantitative estimate of drug-likeness (QED) is 0.195. The van der Waals surface area contributed by atoms with Gasteiger partial charge in [0.15, 0.2) is 0 Å². The van der Waals surface area contributed by atoms with Gasteiger partial charge in [-0.05, 0) is 55.7 Å². The second-order valence-electron chi connectivity index (χ2n) is 8.73. The van der Waals surface area contributed by atoms with Crippen LogP contribution in [-0.2, 0) is 0 Å². The van der Waals surface area contributed by atoms with Crippen molar-refractivity contribution in [2.45, 2.75) is 90.9 Å². The lowest BCUT2D eigenvalue weighted by molar-refractivity contribution is 0.304. The molecule has 0 bridgehead atoms. The van der Waals surface area contributed by atoms with Crippen molar-refractivity contribution in [2.24, 2.45) is 0 Å². The summed E-state index contributed by atoms with van der Waals surface area (Å²) >= 11 is 0. The molecule has 0 heterocycles. The average Bonchev–Trinajstić information content (AvgIpc) is 2.83. The number of allylic oxidation sites excluding steroid dienone is 1. The molecule has 0 saturated heterocycles. The fourth-order valence-electron chi connectivity index (χ4n) is 3.67. The van der Waals surface area contributed by atoms with Crippen LogP contribution in [0.25, 0.3) is 6.08 Å². The smallest absolute Gasteiger partial charge is 0.131 e. The van der Waals surface area contributed by atoms with E-state index in [2.05, 4.69) is 31.8 Å². The van der Waals surface area contributed by atoms with Gasteiger partial charge in [0.05, 0.1) is 6.61 Å². The molecule has 0 spiro atoms. The zero-order valence-electron chi connectivity index (χ0n) is 20.7. The molecule has 0 aliphatic rings. The number of hydrogen-bond acceptors (Lipinski definition) is 1. The van der Waals surface area contributed by atoms with Gasteiger partial charge in [-0.25, -0.2) is 4.39 Å².